The van der Waals surface area contributed by atoms with Crippen LogP contribution in [-0.4, -0.2) is 36.4 Å². The highest BCUT2D eigenvalue weighted by Gasteiger charge is 2.18. The SMILES string of the molecule is CC(O)C(Oc1ccc(Br)cc1)N(C)C. The smallest absolute Gasteiger partial charge is 0.177 e. The maximum atomic E-state index is 9.52. The van der Waals surface area contributed by atoms with E-state index in [9.17, 15) is 5.11 Å². The van der Waals surface area contributed by atoms with Crippen LogP contribution >= 0.6 is 15.9 Å². The summed E-state index contributed by atoms with van der Waals surface area (Å²) in [6, 6.07) is 7.54. The molecule has 84 valence electrons. The van der Waals surface area contributed by atoms with Gasteiger partial charge in [-0.05, 0) is 45.3 Å². The summed E-state index contributed by atoms with van der Waals surface area (Å²) in [5.74, 6) is 0.748. The molecule has 3 nitrogen and oxygen atoms in total. The van der Waals surface area contributed by atoms with Gasteiger partial charge in [-0.15, -0.1) is 0 Å². The largest absolute Gasteiger partial charge is 0.472 e. The number of hydrogen-bond donors (Lipinski definition) is 1. The number of likely N-dealkylation sites (N-methyl/N-ethyl adjacent to an activating group) is 1. The molecule has 0 saturated carbocycles. The van der Waals surface area contributed by atoms with Crippen LogP contribution in [0, 0.1) is 0 Å². The molecule has 0 aliphatic carbocycles. The van der Waals surface area contributed by atoms with Crippen LogP contribution in [0.2, 0.25) is 0 Å². The van der Waals surface area contributed by atoms with Crippen molar-refractivity contribution in [2.24, 2.45) is 0 Å². The van der Waals surface area contributed by atoms with Crippen molar-refractivity contribution in [2.45, 2.75) is 19.3 Å². The van der Waals surface area contributed by atoms with Crippen LogP contribution < -0.4 is 4.74 Å². The summed E-state index contributed by atoms with van der Waals surface area (Å²) in [5, 5.41) is 9.52. The summed E-state index contributed by atoms with van der Waals surface area (Å²) in [6.07, 6.45) is -0.866. The van der Waals surface area contributed by atoms with Crippen molar-refractivity contribution < 1.29 is 9.84 Å². The van der Waals surface area contributed by atoms with E-state index in [1.54, 1.807) is 6.92 Å². The van der Waals surface area contributed by atoms with Crippen LogP contribution in [0.1, 0.15) is 6.92 Å². The Kier molecular flexibility index (Phi) is 4.57. The summed E-state index contributed by atoms with van der Waals surface area (Å²) in [6.45, 7) is 1.71. The van der Waals surface area contributed by atoms with Gasteiger partial charge in [0.2, 0.25) is 0 Å². The molecule has 0 fully saturated rings. The first-order chi connectivity index (χ1) is 7.00. The lowest BCUT2D eigenvalue weighted by atomic mass is 10.3. The van der Waals surface area contributed by atoms with E-state index in [2.05, 4.69) is 15.9 Å². The predicted molar refractivity (Wildman–Crippen MR) is 63.9 cm³/mol. The van der Waals surface area contributed by atoms with Crippen LogP contribution in [0.4, 0.5) is 0 Å². The molecule has 2 atom stereocenters. The Morgan fingerprint density at radius 3 is 2.20 bits per heavy atom. The van der Waals surface area contributed by atoms with Crippen molar-refractivity contribution in [3.63, 3.8) is 0 Å². The Morgan fingerprint density at radius 1 is 1.27 bits per heavy atom. The standard InChI is InChI=1S/C11H16BrNO2/c1-8(14)11(13(2)3)15-10-6-4-9(12)5-7-10/h4-8,11,14H,1-3H3. The van der Waals surface area contributed by atoms with E-state index in [1.165, 1.54) is 0 Å². The molecule has 0 saturated heterocycles. The number of aliphatic hydroxyl groups excluding tert-OH is 1. The van der Waals surface area contributed by atoms with Crippen LogP contribution in [0.5, 0.6) is 5.75 Å². The van der Waals surface area contributed by atoms with Gasteiger partial charge in [0.15, 0.2) is 6.23 Å². The lowest BCUT2D eigenvalue weighted by Crippen LogP contribution is -2.42. The highest BCUT2D eigenvalue weighted by molar-refractivity contribution is 9.10. The van der Waals surface area contributed by atoms with Crippen LogP contribution in [0.25, 0.3) is 0 Å². The first kappa shape index (κ1) is 12.5. The van der Waals surface area contributed by atoms with E-state index in [0.717, 1.165) is 10.2 Å². The van der Waals surface area contributed by atoms with E-state index < -0.39 is 6.10 Å². The molecule has 1 N–H and O–H groups in total. The lowest BCUT2D eigenvalue weighted by molar-refractivity contribution is -0.0348. The normalized spacial score (nSPS) is 15.1. The number of nitrogens with zero attached hydrogens (tertiary/aromatic N) is 1. The van der Waals surface area contributed by atoms with E-state index in [-0.39, 0.29) is 6.23 Å². The molecule has 0 radical (unpaired) electrons. The van der Waals surface area contributed by atoms with Gasteiger partial charge < -0.3 is 9.84 Å². The average molecular weight is 274 g/mol. The van der Waals surface area contributed by atoms with Gasteiger partial charge in [0.25, 0.3) is 0 Å². The first-order valence-electron chi connectivity index (χ1n) is 4.77. The predicted octanol–water partition coefficient (Wildman–Crippen LogP) is 2.10. The van der Waals surface area contributed by atoms with E-state index in [0.29, 0.717) is 0 Å². The monoisotopic (exact) mass is 273 g/mol. The van der Waals surface area contributed by atoms with Gasteiger partial charge in [-0.25, -0.2) is 0 Å². The fourth-order valence-corrected chi connectivity index (χ4v) is 1.55. The van der Waals surface area contributed by atoms with E-state index in [1.807, 2.05) is 43.3 Å². The molecule has 1 rings (SSSR count). The highest BCUT2D eigenvalue weighted by Crippen LogP contribution is 2.18. The van der Waals surface area contributed by atoms with Crippen molar-refractivity contribution in [1.29, 1.82) is 0 Å². The Balaban J connectivity index is 2.70. The molecule has 15 heavy (non-hydrogen) atoms. The third kappa shape index (κ3) is 3.81. The summed E-state index contributed by atoms with van der Waals surface area (Å²) in [4.78, 5) is 1.84. The van der Waals surface area contributed by atoms with Crippen molar-refractivity contribution in [2.75, 3.05) is 14.1 Å². The minimum absolute atomic E-state index is 0.328. The fraction of sp³-hybridized carbons (Fsp3) is 0.455. The van der Waals surface area contributed by atoms with Gasteiger partial charge in [-0.2, -0.15) is 0 Å². The zero-order valence-electron chi connectivity index (χ0n) is 9.14. The molecule has 1 aromatic carbocycles. The average Bonchev–Trinajstić information content (AvgIpc) is 2.15. The number of rotatable bonds is 4. The van der Waals surface area contributed by atoms with Crippen molar-refractivity contribution in [3.8, 4) is 5.75 Å². The van der Waals surface area contributed by atoms with Gasteiger partial charge in [0, 0.05) is 4.47 Å². The van der Waals surface area contributed by atoms with E-state index in [4.69, 9.17) is 4.74 Å². The minimum atomic E-state index is -0.538. The molecule has 0 heterocycles. The summed E-state index contributed by atoms with van der Waals surface area (Å²) >= 11 is 3.35. The zero-order valence-corrected chi connectivity index (χ0v) is 10.7. The quantitative estimate of drug-likeness (QED) is 0.853. The second-order valence-corrected chi connectivity index (χ2v) is 4.58. The van der Waals surface area contributed by atoms with Gasteiger partial charge in [-0.3, -0.25) is 4.90 Å². The number of aliphatic hydroxyl groups is 1. The topological polar surface area (TPSA) is 32.7 Å². The van der Waals surface area contributed by atoms with Crippen molar-refractivity contribution in [3.05, 3.63) is 28.7 Å². The molecule has 2 unspecified atom stereocenters. The Hall–Kier alpha value is -0.580. The lowest BCUT2D eigenvalue weighted by Gasteiger charge is -2.27. The van der Waals surface area contributed by atoms with Gasteiger partial charge >= 0.3 is 0 Å². The number of benzene rings is 1. The third-order valence-corrected chi connectivity index (χ3v) is 2.52. The Morgan fingerprint density at radius 2 is 1.80 bits per heavy atom. The van der Waals surface area contributed by atoms with Gasteiger partial charge in [-0.1, -0.05) is 15.9 Å². The molecule has 0 aromatic heterocycles. The van der Waals surface area contributed by atoms with Gasteiger partial charge in [0.1, 0.15) is 11.9 Å². The minimum Gasteiger partial charge on any atom is -0.472 e. The number of hydrogen-bond acceptors (Lipinski definition) is 3. The summed E-state index contributed by atoms with van der Waals surface area (Å²) in [5.41, 5.74) is 0. The van der Waals surface area contributed by atoms with Crippen LogP contribution in [-0.2, 0) is 0 Å². The second-order valence-electron chi connectivity index (χ2n) is 3.67. The van der Waals surface area contributed by atoms with Crippen LogP contribution in [0.15, 0.2) is 28.7 Å². The maximum absolute atomic E-state index is 9.52. The highest BCUT2D eigenvalue weighted by atomic mass is 79.9. The molecule has 0 aliphatic rings. The van der Waals surface area contributed by atoms with Crippen molar-refractivity contribution >= 4 is 15.9 Å². The van der Waals surface area contributed by atoms with E-state index >= 15 is 0 Å². The molecular formula is C11H16BrNO2. The van der Waals surface area contributed by atoms with Crippen LogP contribution in [0.3, 0.4) is 0 Å². The first-order valence-corrected chi connectivity index (χ1v) is 5.56. The number of halogens is 1. The maximum Gasteiger partial charge on any atom is 0.177 e. The summed E-state index contributed by atoms with van der Waals surface area (Å²) < 4.78 is 6.66. The third-order valence-electron chi connectivity index (χ3n) is 1.99. The Bertz CT molecular complexity index is 290. The molecule has 0 spiro atoms. The molecular weight excluding hydrogens is 258 g/mol. The Labute approximate surface area is 98.8 Å². The van der Waals surface area contributed by atoms with Gasteiger partial charge in [0.05, 0.1) is 0 Å². The zero-order chi connectivity index (χ0) is 11.4. The van der Waals surface area contributed by atoms with Crippen molar-refractivity contribution in [1.82, 2.24) is 4.90 Å². The fourth-order valence-electron chi connectivity index (χ4n) is 1.29. The molecule has 0 bridgehead atoms. The molecule has 0 aliphatic heterocycles. The summed E-state index contributed by atoms with van der Waals surface area (Å²) in [7, 11) is 3.74. The molecule has 4 heteroatoms. The number of ether oxygens (including phenoxy) is 1. The second kappa shape index (κ2) is 5.49. The molecule has 1 aromatic rings. The molecule has 0 amide bonds.